The zero-order valence-electron chi connectivity index (χ0n) is 29.9. The molecule has 5 aromatic carbocycles. The molecule has 8 nitrogen and oxygen atoms in total. The second kappa shape index (κ2) is 14.2. The Labute approximate surface area is 328 Å². The molecule has 5 aromatic rings. The number of likely N-dealkylation sites (N-methyl/N-ethyl adjacent to an activating group) is 2. The van der Waals surface area contributed by atoms with E-state index >= 15 is 0 Å². The third-order valence-corrected chi connectivity index (χ3v) is 12.4. The van der Waals surface area contributed by atoms with Crippen LogP contribution in [0.25, 0.3) is 43.1 Å². The number of benzene rings is 5. The highest BCUT2D eigenvalue weighted by Crippen LogP contribution is 2.46. The summed E-state index contributed by atoms with van der Waals surface area (Å²) in [6.45, 7) is 20.8. The molecule has 0 saturated heterocycles. The number of amides is 4. The van der Waals surface area contributed by atoms with Gasteiger partial charge in [-0.3, -0.25) is 29.0 Å². The summed E-state index contributed by atoms with van der Waals surface area (Å²) in [5, 5.41) is 6.79. The van der Waals surface area contributed by atoms with Crippen LogP contribution < -0.4 is 48.0 Å². The first kappa shape index (κ1) is 38.3. The number of hydrogen-bond acceptors (Lipinski definition) is 4. The molecule has 10 heteroatoms. The highest BCUT2D eigenvalue weighted by atomic mass is 127. The van der Waals surface area contributed by atoms with Gasteiger partial charge in [0.1, 0.15) is 0 Å². The Balaban J connectivity index is 0.00000243. The number of carbonyl (C=O) groups excluding carboxylic acids is 4. The van der Waals surface area contributed by atoms with Crippen LogP contribution in [-0.4, -0.2) is 108 Å². The Morgan fingerprint density at radius 1 is 0.400 bits per heavy atom. The summed E-state index contributed by atoms with van der Waals surface area (Å²) in [5.41, 5.74) is 2.18. The molecule has 2 aliphatic rings. The average molecular weight is 901 g/mol. The van der Waals surface area contributed by atoms with Crippen LogP contribution >= 0.6 is 0 Å². The molecule has 4 amide bonds. The predicted molar refractivity (Wildman–Crippen MR) is 192 cm³/mol. The maximum atomic E-state index is 14.0. The number of carbonyl (C=O) groups is 4. The minimum Gasteiger partial charge on any atom is -1.00 e. The Morgan fingerprint density at radius 2 is 0.640 bits per heavy atom. The van der Waals surface area contributed by atoms with Gasteiger partial charge < -0.3 is 56.9 Å². The van der Waals surface area contributed by atoms with E-state index in [9.17, 15) is 19.2 Å². The maximum absolute atomic E-state index is 14.0. The van der Waals surface area contributed by atoms with Crippen LogP contribution in [0.3, 0.4) is 0 Å². The SMILES string of the molecule is CC[N+](CC)(CC)CCN1C(=O)c2ccc3c4ccc5c6c(ccc(c7ccc(c2c37)C1=O)c64)C(=O)N(CC[N+](CC)(CC)CC)C5=O.[I-].[I-]. The van der Waals surface area contributed by atoms with E-state index in [1.807, 2.05) is 48.5 Å². The molecule has 50 heavy (non-hydrogen) atoms. The van der Waals surface area contributed by atoms with Crippen LogP contribution in [-0.2, 0) is 0 Å². The van der Waals surface area contributed by atoms with Crippen LogP contribution in [0.2, 0.25) is 0 Å². The zero-order chi connectivity index (χ0) is 34.1. The number of quaternary nitrogens is 2. The van der Waals surface area contributed by atoms with Crippen molar-refractivity contribution in [2.45, 2.75) is 41.5 Å². The van der Waals surface area contributed by atoms with Crippen LogP contribution in [0.5, 0.6) is 0 Å². The summed E-state index contributed by atoms with van der Waals surface area (Å²) >= 11 is 0. The summed E-state index contributed by atoms with van der Waals surface area (Å²) in [7, 11) is 0. The first-order chi connectivity index (χ1) is 23.1. The highest BCUT2D eigenvalue weighted by Gasteiger charge is 2.38. The molecule has 0 fully saturated rings. The number of hydrogen-bond donors (Lipinski definition) is 0. The van der Waals surface area contributed by atoms with E-state index in [4.69, 9.17) is 0 Å². The normalized spacial score (nSPS) is 14.8. The van der Waals surface area contributed by atoms with Gasteiger partial charge in [0, 0.05) is 33.0 Å². The van der Waals surface area contributed by atoms with E-state index in [1.54, 1.807) is 0 Å². The van der Waals surface area contributed by atoms with Crippen molar-refractivity contribution >= 4 is 66.7 Å². The summed E-state index contributed by atoms with van der Waals surface area (Å²) in [4.78, 5) is 58.8. The van der Waals surface area contributed by atoms with E-state index in [-0.39, 0.29) is 71.6 Å². The van der Waals surface area contributed by atoms with Crippen LogP contribution in [0.1, 0.15) is 83.0 Å². The topological polar surface area (TPSA) is 74.8 Å². The van der Waals surface area contributed by atoms with Gasteiger partial charge in [0.25, 0.3) is 23.6 Å². The second-order valence-corrected chi connectivity index (χ2v) is 13.7. The third kappa shape index (κ3) is 5.42. The van der Waals surface area contributed by atoms with Gasteiger partial charge in [0.05, 0.1) is 65.4 Å². The largest absolute Gasteiger partial charge is 1.00 e. The number of imide groups is 2. The third-order valence-electron chi connectivity index (χ3n) is 12.4. The summed E-state index contributed by atoms with van der Waals surface area (Å²) in [6, 6.07) is 15.3. The first-order valence-electron chi connectivity index (χ1n) is 17.8. The second-order valence-electron chi connectivity index (χ2n) is 13.7. The van der Waals surface area contributed by atoms with Crippen molar-refractivity contribution < 1.29 is 76.1 Å². The number of halogens is 2. The van der Waals surface area contributed by atoms with Crippen molar-refractivity contribution in [3.05, 3.63) is 70.8 Å². The first-order valence-corrected chi connectivity index (χ1v) is 17.8. The Hall–Kier alpha value is -2.94. The summed E-state index contributed by atoms with van der Waals surface area (Å²) in [6.07, 6.45) is 0. The Kier molecular flexibility index (Phi) is 10.9. The van der Waals surface area contributed by atoms with Gasteiger partial charge in [-0.2, -0.15) is 0 Å². The molecular formula is C40H46I2N4O4. The molecule has 2 aliphatic heterocycles. The van der Waals surface area contributed by atoms with Gasteiger partial charge in [0.2, 0.25) is 0 Å². The van der Waals surface area contributed by atoms with Crippen molar-refractivity contribution in [2.75, 3.05) is 65.4 Å². The predicted octanol–water partition coefficient (Wildman–Crippen LogP) is 0.690. The highest BCUT2D eigenvalue weighted by molar-refractivity contribution is 6.41. The summed E-state index contributed by atoms with van der Waals surface area (Å²) in [5.74, 6) is -0.993. The van der Waals surface area contributed by atoms with Gasteiger partial charge in [-0.25, -0.2) is 0 Å². The fourth-order valence-corrected chi connectivity index (χ4v) is 8.69. The number of rotatable bonds is 12. The molecular weight excluding hydrogens is 854 g/mol. The van der Waals surface area contributed by atoms with Crippen molar-refractivity contribution in [3.8, 4) is 0 Å². The van der Waals surface area contributed by atoms with Crippen molar-refractivity contribution in [1.29, 1.82) is 0 Å². The molecule has 0 aliphatic carbocycles. The molecule has 0 spiro atoms. The smallest absolute Gasteiger partial charge is 0.261 e. The number of nitrogens with zero attached hydrogens (tertiary/aromatic N) is 4. The van der Waals surface area contributed by atoms with E-state index in [0.717, 1.165) is 93.6 Å². The summed E-state index contributed by atoms with van der Waals surface area (Å²) < 4.78 is 1.70. The maximum Gasteiger partial charge on any atom is 0.261 e. The molecule has 0 unspecified atom stereocenters. The minimum absolute atomic E-state index is 0. The lowest BCUT2D eigenvalue weighted by molar-refractivity contribution is -0.922. The average Bonchev–Trinajstić information content (AvgIpc) is 3.12. The molecule has 0 aromatic heterocycles. The fourth-order valence-electron chi connectivity index (χ4n) is 8.69. The van der Waals surface area contributed by atoms with Gasteiger partial charge in [-0.1, -0.05) is 24.3 Å². The zero-order valence-corrected chi connectivity index (χ0v) is 34.2. The van der Waals surface area contributed by atoms with E-state index in [2.05, 4.69) is 41.5 Å². The van der Waals surface area contributed by atoms with Crippen molar-refractivity contribution in [1.82, 2.24) is 9.80 Å². The fraction of sp³-hybridized carbons (Fsp3) is 0.400. The molecule has 0 N–H and O–H groups in total. The van der Waals surface area contributed by atoms with Crippen LogP contribution in [0, 0.1) is 0 Å². The molecule has 0 atom stereocenters. The van der Waals surface area contributed by atoms with Crippen molar-refractivity contribution in [3.63, 3.8) is 0 Å². The molecule has 0 bridgehead atoms. The van der Waals surface area contributed by atoms with Crippen LogP contribution in [0.15, 0.2) is 48.5 Å². The molecule has 7 rings (SSSR count). The molecule has 0 radical (unpaired) electrons. The van der Waals surface area contributed by atoms with Crippen molar-refractivity contribution in [2.24, 2.45) is 0 Å². The van der Waals surface area contributed by atoms with E-state index < -0.39 is 0 Å². The Bertz CT molecular complexity index is 1880. The van der Waals surface area contributed by atoms with Gasteiger partial charge in [0.15, 0.2) is 0 Å². The molecule has 0 saturated carbocycles. The lowest BCUT2D eigenvalue weighted by atomic mass is 9.82. The number of fused-ring (bicyclic) bond motifs is 2. The van der Waals surface area contributed by atoms with Gasteiger partial charge in [-0.15, -0.1) is 0 Å². The molecule has 264 valence electrons. The Morgan fingerprint density at radius 3 is 0.860 bits per heavy atom. The minimum atomic E-state index is -0.248. The van der Waals surface area contributed by atoms with Crippen LogP contribution in [0.4, 0.5) is 0 Å². The standard InChI is InChI=1S/C40H46N4O4.2HI/c1-7-43(8-2,9-3)23-21-41-37(45)29-17-13-25-27-15-19-31-36-32(40(48)42(39(31)47)22-24-44(10-4,11-5)12-6)20-16-28(34(27)36)26-14-18-30(38(41)46)35(29)33(25)26;;/h13-20H,7-12,21-24H2,1-6H3;2*1H/q+2;;/p-2. The van der Waals surface area contributed by atoms with E-state index in [0.29, 0.717) is 46.1 Å². The monoisotopic (exact) mass is 900 g/mol. The lowest BCUT2D eigenvalue weighted by Crippen LogP contribution is -3.00. The quantitative estimate of drug-likeness (QED) is 0.0609. The van der Waals surface area contributed by atoms with E-state index in [1.165, 1.54) is 9.80 Å². The lowest BCUT2D eigenvalue weighted by Gasteiger charge is -2.38. The molecule has 2 heterocycles. The van der Waals surface area contributed by atoms with Gasteiger partial charge in [-0.05, 0) is 98.1 Å². The van der Waals surface area contributed by atoms with Gasteiger partial charge >= 0.3 is 0 Å².